The van der Waals surface area contributed by atoms with Gasteiger partial charge in [-0.15, -0.1) is 0 Å². The molecule has 118 valence electrons. The van der Waals surface area contributed by atoms with Gasteiger partial charge in [0.15, 0.2) is 9.84 Å². The minimum atomic E-state index is -3.04. The minimum Gasteiger partial charge on any atom is -0.381 e. The Morgan fingerprint density at radius 3 is 2.40 bits per heavy atom. The third-order valence-electron chi connectivity index (χ3n) is 5.00. The summed E-state index contributed by atoms with van der Waals surface area (Å²) in [4.78, 5) is 0. The van der Waals surface area contributed by atoms with Crippen molar-refractivity contribution in [2.24, 2.45) is 5.92 Å². The van der Waals surface area contributed by atoms with Gasteiger partial charge in [-0.25, -0.2) is 8.42 Å². The molecule has 0 aromatic rings. The first-order valence-electron chi connectivity index (χ1n) is 8.13. The maximum atomic E-state index is 13.0. The Morgan fingerprint density at radius 1 is 1.10 bits per heavy atom. The molecule has 0 aromatic carbocycles. The van der Waals surface area contributed by atoms with Crippen molar-refractivity contribution in [2.75, 3.05) is 19.8 Å². The molecule has 3 unspecified atom stereocenters. The fourth-order valence-electron chi connectivity index (χ4n) is 3.69. The molecule has 3 atom stereocenters. The molecule has 2 rings (SSSR count). The lowest BCUT2D eigenvalue weighted by Crippen LogP contribution is -2.51. The average Bonchev–Trinajstić information content (AvgIpc) is 2.48. The monoisotopic (exact) mass is 303 g/mol. The topological polar surface area (TPSA) is 55.4 Å². The standard InChI is InChI=1S/C15H29NO3S/c1-3-12-5-6-14(16-4-2)15(11-12)20(17,18)13-7-9-19-10-8-13/h12-16H,3-11H2,1-2H3. The van der Waals surface area contributed by atoms with Crippen LogP contribution in [0.3, 0.4) is 0 Å². The van der Waals surface area contributed by atoms with Gasteiger partial charge in [0.1, 0.15) is 0 Å². The van der Waals surface area contributed by atoms with Gasteiger partial charge < -0.3 is 10.1 Å². The first kappa shape index (κ1) is 16.2. The second kappa shape index (κ2) is 7.23. The van der Waals surface area contributed by atoms with E-state index in [2.05, 4.69) is 19.2 Å². The average molecular weight is 303 g/mol. The van der Waals surface area contributed by atoms with Gasteiger partial charge in [-0.3, -0.25) is 0 Å². The van der Waals surface area contributed by atoms with Crippen LogP contribution in [0.15, 0.2) is 0 Å². The zero-order chi connectivity index (χ0) is 14.6. The zero-order valence-corrected chi connectivity index (χ0v) is 13.6. The van der Waals surface area contributed by atoms with Crippen molar-refractivity contribution in [3.05, 3.63) is 0 Å². The lowest BCUT2D eigenvalue weighted by Gasteiger charge is -2.38. The van der Waals surface area contributed by atoms with Gasteiger partial charge in [-0.2, -0.15) is 0 Å². The van der Waals surface area contributed by atoms with Crippen molar-refractivity contribution < 1.29 is 13.2 Å². The molecule has 2 aliphatic rings. The molecule has 20 heavy (non-hydrogen) atoms. The predicted octanol–water partition coefficient (Wildman–Crippen LogP) is 2.14. The Morgan fingerprint density at radius 2 is 1.80 bits per heavy atom. The highest BCUT2D eigenvalue weighted by atomic mass is 32.2. The molecule has 1 heterocycles. The molecule has 0 aromatic heterocycles. The van der Waals surface area contributed by atoms with Crippen LogP contribution in [-0.4, -0.2) is 44.7 Å². The summed E-state index contributed by atoms with van der Waals surface area (Å²) in [6.07, 6.45) is 5.45. The van der Waals surface area contributed by atoms with E-state index in [1.807, 2.05) is 0 Å². The largest absolute Gasteiger partial charge is 0.381 e. The van der Waals surface area contributed by atoms with Gasteiger partial charge in [0.05, 0.1) is 10.5 Å². The Hall–Kier alpha value is -0.130. The van der Waals surface area contributed by atoms with Crippen LogP contribution in [0.4, 0.5) is 0 Å². The number of nitrogens with one attached hydrogen (secondary N) is 1. The molecule has 0 radical (unpaired) electrons. The van der Waals surface area contributed by atoms with Crippen LogP contribution in [0, 0.1) is 5.92 Å². The lowest BCUT2D eigenvalue weighted by molar-refractivity contribution is 0.0978. The molecular formula is C15H29NO3S. The molecule has 1 saturated heterocycles. The highest BCUT2D eigenvalue weighted by Gasteiger charge is 2.42. The maximum absolute atomic E-state index is 13.0. The molecule has 1 saturated carbocycles. The van der Waals surface area contributed by atoms with Gasteiger partial charge >= 0.3 is 0 Å². The summed E-state index contributed by atoms with van der Waals surface area (Å²) in [5.74, 6) is 0.574. The third kappa shape index (κ3) is 3.55. The highest BCUT2D eigenvalue weighted by Crippen LogP contribution is 2.34. The molecule has 2 fully saturated rings. The summed E-state index contributed by atoms with van der Waals surface area (Å²) in [7, 11) is -3.04. The predicted molar refractivity (Wildman–Crippen MR) is 81.6 cm³/mol. The van der Waals surface area contributed by atoms with Gasteiger partial charge in [-0.05, 0) is 44.6 Å². The van der Waals surface area contributed by atoms with Crippen molar-refractivity contribution >= 4 is 9.84 Å². The number of ether oxygens (including phenoxy) is 1. The van der Waals surface area contributed by atoms with Crippen molar-refractivity contribution in [3.8, 4) is 0 Å². The van der Waals surface area contributed by atoms with E-state index in [9.17, 15) is 8.42 Å². The van der Waals surface area contributed by atoms with E-state index in [-0.39, 0.29) is 16.5 Å². The molecule has 1 aliphatic heterocycles. The van der Waals surface area contributed by atoms with Gasteiger partial charge in [0.25, 0.3) is 0 Å². The Balaban J connectivity index is 2.14. The van der Waals surface area contributed by atoms with Crippen LogP contribution >= 0.6 is 0 Å². The summed E-state index contributed by atoms with van der Waals surface area (Å²) in [5, 5.41) is 3.04. The van der Waals surface area contributed by atoms with E-state index in [0.717, 1.165) is 32.2 Å². The molecule has 4 nitrogen and oxygen atoms in total. The zero-order valence-electron chi connectivity index (χ0n) is 12.8. The number of sulfone groups is 1. The minimum absolute atomic E-state index is 0.149. The van der Waals surface area contributed by atoms with E-state index in [0.29, 0.717) is 32.0 Å². The van der Waals surface area contributed by atoms with E-state index >= 15 is 0 Å². The lowest BCUT2D eigenvalue weighted by atomic mass is 9.84. The number of hydrogen-bond donors (Lipinski definition) is 1. The molecule has 0 amide bonds. The fourth-order valence-corrected chi connectivity index (χ4v) is 6.27. The highest BCUT2D eigenvalue weighted by molar-refractivity contribution is 7.92. The summed E-state index contributed by atoms with van der Waals surface area (Å²) in [5.41, 5.74) is 0. The summed E-state index contributed by atoms with van der Waals surface area (Å²) < 4.78 is 31.3. The SMILES string of the molecule is CCNC1CCC(CC)CC1S(=O)(=O)C1CCOCC1. The maximum Gasteiger partial charge on any atom is 0.157 e. The quantitative estimate of drug-likeness (QED) is 0.845. The van der Waals surface area contributed by atoms with Crippen LogP contribution < -0.4 is 5.32 Å². The van der Waals surface area contributed by atoms with Crippen molar-refractivity contribution in [3.63, 3.8) is 0 Å². The van der Waals surface area contributed by atoms with Crippen molar-refractivity contribution in [1.82, 2.24) is 5.32 Å². The third-order valence-corrected chi connectivity index (χ3v) is 7.76. The number of hydrogen-bond acceptors (Lipinski definition) is 4. The van der Waals surface area contributed by atoms with Crippen LogP contribution in [0.2, 0.25) is 0 Å². The number of rotatable bonds is 5. The van der Waals surface area contributed by atoms with Gasteiger partial charge in [0, 0.05) is 19.3 Å². The Kier molecular flexibility index (Phi) is 5.87. The molecule has 0 bridgehead atoms. The second-order valence-corrected chi connectivity index (χ2v) is 8.64. The molecule has 5 heteroatoms. The Labute approximate surface area is 123 Å². The van der Waals surface area contributed by atoms with Crippen molar-refractivity contribution in [2.45, 2.75) is 68.9 Å². The second-order valence-electron chi connectivity index (χ2n) is 6.19. The molecule has 1 N–H and O–H groups in total. The Bertz CT molecular complexity index is 390. The summed E-state index contributed by atoms with van der Waals surface area (Å²) >= 11 is 0. The van der Waals surface area contributed by atoms with Crippen LogP contribution in [0.1, 0.15) is 52.4 Å². The molecule has 1 aliphatic carbocycles. The first-order valence-corrected chi connectivity index (χ1v) is 9.74. The first-order chi connectivity index (χ1) is 9.59. The van der Waals surface area contributed by atoms with E-state index in [1.54, 1.807) is 0 Å². The van der Waals surface area contributed by atoms with Gasteiger partial charge in [0.2, 0.25) is 0 Å². The van der Waals surface area contributed by atoms with E-state index in [4.69, 9.17) is 4.74 Å². The van der Waals surface area contributed by atoms with Crippen LogP contribution in [0.5, 0.6) is 0 Å². The smallest absolute Gasteiger partial charge is 0.157 e. The van der Waals surface area contributed by atoms with Crippen molar-refractivity contribution in [1.29, 1.82) is 0 Å². The van der Waals surface area contributed by atoms with Crippen LogP contribution in [-0.2, 0) is 14.6 Å². The van der Waals surface area contributed by atoms with E-state index < -0.39 is 9.84 Å². The summed E-state index contributed by atoms with van der Waals surface area (Å²) in [6, 6.07) is 0.149. The normalized spacial score (nSPS) is 33.2. The van der Waals surface area contributed by atoms with E-state index in [1.165, 1.54) is 0 Å². The van der Waals surface area contributed by atoms with Gasteiger partial charge in [-0.1, -0.05) is 20.3 Å². The van der Waals surface area contributed by atoms with Crippen LogP contribution in [0.25, 0.3) is 0 Å². The molecular weight excluding hydrogens is 274 g/mol. The fraction of sp³-hybridized carbons (Fsp3) is 1.00. The summed E-state index contributed by atoms with van der Waals surface area (Å²) in [6.45, 7) is 6.28. The molecule has 0 spiro atoms.